The van der Waals surface area contributed by atoms with E-state index < -0.39 is 0 Å². The van der Waals surface area contributed by atoms with Crippen LogP contribution in [-0.4, -0.2) is 42.0 Å². The van der Waals surface area contributed by atoms with Crippen LogP contribution in [-0.2, 0) is 0 Å². The van der Waals surface area contributed by atoms with Gasteiger partial charge in [-0.3, -0.25) is 4.79 Å². The second-order valence-electron chi connectivity index (χ2n) is 6.21. The fraction of sp³-hybridized carbons (Fsp3) is 0.200. The molecule has 1 aliphatic heterocycles. The Labute approximate surface area is 156 Å². The van der Waals surface area contributed by atoms with Gasteiger partial charge in [0.2, 0.25) is 0 Å². The van der Waals surface area contributed by atoms with Gasteiger partial charge in [-0.05, 0) is 12.1 Å². The Balaban J connectivity index is 1.51. The summed E-state index contributed by atoms with van der Waals surface area (Å²) in [4.78, 5) is 22.3. The number of hydrogen-bond acceptors (Lipinski definition) is 5. The van der Waals surface area contributed by atoms with Crippen LogP contribution in [0.25, 0.3) is 11.3 Å². The molecule has 0 bridgehead atoms. The van der Waals surface area contributed by atoms with Crippen molar-refractivity contribution >= 4 is 28.1 Å². The first-order valence-electron chi connectivity index (χ1n) is 8.63. The molecule has 2 aromatic carbocycles. The molecule has 0 unspecified atom stereocenters. The third kappa shape index (κ3) is 3.28. The van der Waals surface area contributed by atoms with Gasteiger partial charge in [0.1, 0.15) is 4.88 Å². The number of para-hydroxylation sites is 1. The van der Waals surface area contributed by atoms with E-state index in [1.165, 1.54) is 17.0 Å². The Morgan fingerprint density at radius 2 is 1.54 bits per heavy atom. The number of benzene rings is 2. The molecule has 26 heavy (non-hydrogen) atoms. The van der Waals surface area contributed by atoms with Crippen LogP contribution in [0.1, 0.15) is 9.67 Å². The summed E-state index contributed by atoms with van der Waals surface area (Å²) in [5.41, 5.74) is 8.72. The Morgan fingerprint density at radius 1 is 0.923 bits per heavy atom. The SMILES string of the molecule is Nc1nc(-c2ccccc2)c(C(=O)N2CCN(c3ccccc3)CC2)s1. The number of nitrogens with zero attached hydrogens (tertiary/aromatic N) is 3. The first-order chi connectivity index (χ1) is 12.7. The average molecular weight is 364 g/mol. The normalized spacial score (nSPS) is 14.5. The van der Waals surface area contributed by atoms with E-state index in [1.54, 1.807) is 0 Å². The lowest BCUT2D eigenvalue weighted by Gasteiger charge is -2.36. The molecule has 1 amide bonds. The lowest BCUT2D eigenvalue weighted by atomic mass is 10.1. The first kappa shape index (κ1) is 16.6. The summed E-state index contributed by atoms with van der Waals surface area (Å²) in [6.45, 7) is 3.04. The Kier molecular flexibility index (Phi) is 4.58. The molecule has 1 aliphatic rings. The number of anilines is 2. The van der Waals surface area contributed by atoms with Gasteiger partial charge in [-0.25, -0.2) is 4.98 Å². The van der Waals surface area contributed by atoms with Crippen molar-refractivity contribution < 1.29 is 4.79 Å². The van der Waals surface area contributed by atoms with Crippen LogP contribution >= 0.6 is 11.3 Å². The lowest BCUT2D eigenvalue weighted by Crippen LogP contribution is -2.48. The minimum Gasteiger partial charge on any atom is -0.375 e. The molecule has 1 saturated heterocycles. The molecule has 0 aliphatic carbocycles. The number of hydrogen-bond donors (Lipinski definition) is 1. The fourth-order valence-electron chi connectivity index (χ4n) is 3.22. The highest BCUT2D eigenvalue weighted by atomic mass is 32.1. The van der Waals surface area contributed by atoms with Gasteiger partial charge >= 0.3 is 0 Å². The van der Waals surface area contributed by atoms with Crippen LogP contribution in [0.5, 0.6) is 0 Å². The number of nitrogen functional groups attached to an aromatic ring is 1. The number of carbonyl (C=O) groups is 1. The molecule has 0 atom stereocenters. The van der Waals surface area contributed by atoms with Gasteiger partial charge in [0.05, 0.1) is 5.69 Å². The number of rotatable bonds is 3. The van der Waals surface area contributed by atoms with Gasteiger partial charge in [0, 0.05) is 37.4 Å². The van der Waals surface area contributed by atoms with Crippen molar-refractivity contribution in [3.63, 3.8) is 0 Å². The molecule has 0 saturated carbocycles. The highest BCUT2D eigenvalue weighted by Gasteiger charge is 2.26. The van der Waals surface area contributed by atoms with Crippen LogP contribution in [0, 0.1) is 0 Å². The van der Waals surface area contributed by atoms with Gasteiger partial charge in [-0.1, -0.05) is 59.9 Å². The molecule has 5 nitrogen and oxygen atoms in total. The van der Waals surface area contributed by atoms with E-state index in [0.717, 1.165) is 18.7 Å². The molecule has 1 fully saturated rings. The van der Waals surface area contributed by atoms with E-state index in [-0.39, 0.29) is 5.91 Å². The first-order valence-corrected chi connectivity index (χ1v) is 9.45. The molecule has 2 heterocycles. The van der Waals surface area contributed by atoms with Crippen LogP contribution in [0.15, 0.2) is 60.7 Å². The second-order valence-corrected chi connectivity index (χ2v) is 7.24. The van der Waals surface area contributed by atoms with Crippen LogP contribution in [0.2, 0.25) is 0 Å². The van der Waals surface area contributed by atoms with Crippen LogP contribution in [0.4, 0.5) is 10.8 Å². The van der Waals surface area contributed by atoms with Crippen molar-refractivity contribution in [3.8, 4) is 11.3 Å². The lowest BCUT2D eigenvalue weighted by molar-refractivity contribution is 0.0752. The quantitative estimate of drug-likeness (QED) is 0.774. The number of aromatic nitrogens is 1. The summed E-state index contributed by atoms with van der Waals surface area (Å²) in [5.74, 6) is 0.0192. The van der Waals surface area contributed by atoms with Crippen molar-refractivity contribution in [2.45, 2.75) is 0 Å². The molecule has 3 aromatic rings. The summed E-state index contributed by atoms with van der Waals surface area (Å²) in [5, 5.41) is 0.426. The minimum absolute atomic E-state index is 0.0192. The van der Waals surface area contributed by atoms with E-state index in [0.29, 0.717) is 28.8 Å². The topological polar surface area (TPSA) is 62.5 Å². The number of carbonyl (C=O) groups excluding carboxylic acids is 1. The zero-order valence-corrected chi connectivity index (χ0v) is 15.2. The monoisotopic (exact) mass is 364 g/mol. The summed E-state index contributed by atoms with van der Waals surface area (Å²) in [6.07, 6.45) is 0. The Bertz CT molecular complexity index is 887. The number of amides is 1. The zero-order chi connectivity index (χ0) is 17.9. The summed E-state index contributed by atoms with van der Waals surface area (Å²) in [6, 6.07) is 20.1. The molecule has 1 aromatic heterocycles. The van der Waals surface area contributed by atoms with E-state index in [2.05, 4.69) is 22.0 Å². The van der Waals surface area contributed by atoms with Gasteiger partial charge in [-0.15, -0.1) is 0 Å². The molecular formula is C20H20N4OS. The van der Waals surface area contributed by atoms with Gasteiger partial charge in [0.25, 0.3) is 5.91 Å². The van der Waals surface area contributed by atoms with E-state index in [9.17, 15) is 4.79 Å². The van der Waals surface area contributed by atoms with E-state index >= 15 is 0 Å². The highest BCUT2D eigenvalue weighted by Crippen LogP contribution is 2.31. The van der Waals surface area contributed by atoms with E-state index in [1.807, 2.05) is 53.4 Å². The molecule has 132 valence electrons. The van der Waals surface area contributed by atoms with Gasteiger partial charge in [-0.2, -0.15) is 0 Å². The van der Waals surface area contributed by atoms with Gasteiger partial charge in [0.15, 0.2) is 5.13 Å². The van der Waals surface area contributed by atoms with Crippen LogP contribution < -0.4 is 10.6 Å². The standard InChI is InChI=1S/C20H20N4OS/c21-20-22-17(15-7-3-1-4-8-15)18(26-20)19(25)24-13-11-23(12-14-24)16-9-5-2-6-10-16/h1-10H,11-14H2,(H2,21,22). The molecule has 4 rings (SSSR count). The molecule has 2 N–H and O–H groups in total. The van der Waals surface area contributed by atoms with Crippen molar-refractivity contribution in [1.82, 2.24) is 9.88 Å². The number of thiazole rings is 1. The van der Waals surface area contributed by atoms with Crippen molar-refractivity contribution in [2.75, 3.05) is 36.8 Å². The van der Waals surface area contributed by atoms with E-state index in [4.69, 9.17) is 5.73 Å². The summed E-state index contributed by atoms with van der Waals surface area (Å²) >= 11 is 1.27. The highest BCUT2D eigenvalue weighted by molar-refractivity contribution is 7.17. The van der Waals surface area contributed by atoms with Crippen LogP contribution in [0.3, 0.4) is 0 Å². The zero-order valence-electron chi connectivity index (χ0n) is 14.3. The van der Waals surface area contributed by atoms with Crippen molar-refractivity contribution in [1.29, 1.82) is 0 Å². The predicted molar refractivity (Wildman–Crippen MR) is 107 cm³/mol. The number of nitrogens with two attached hydrogens (primary N) is 1. The third-order valence-corrected chi connectivity index (χ3v) is 5.45. The summed E-state index contributed by atoms with van der Waals surface area (Å²) in [7, 11) is 0. The Morgan fingerprint density at radius 3 is 2.19 bits per heavy atom. The maximum absolute atomic E-state index is 13.1. The average Bonchev–Trinajstić information content (AvgIpc) is 3.11. The minimum atomic E-state index is 0.0192. The molecule has 0 spiro atoms. The summed E-state index contributed by atoms with van der Waals surface area (Å²) < 4.78 is 0. The maximum atomic E-state index is 13.1. The van der Waals surface area contributed by atoms with Crippen molar-refractivity contribution in [2.24, 2.45) is 0 Å². The smallest absolute Gasteiger partial charge is 0.266 e. The maximum Gasteiger partial charge on any atom is 0.266 e. The Hall–Kier alpha value is -2.86. The number of piperazine rings is 1. The van der Waals surface area contributed by atoms with Gasteiger partial charge < -0.3 is 15.5 Å². The molecule has 0 radical (unpaired) electrons. The predicted octanol–water partition coefficient (Wildman–Crippen LogP) is 3.35. The third-order valence-electron chi connectivity index (χ3n) is 4.57. The van der Waals surface area contributed by atoms with Crippen molar-refractivity contribution in [3.05, 3.63) is 65.5 Å². The second kappa shape index (κ2) is 7.17. The largest absolute Gasteiger partial charge is 0.375 e. The molecular weight excluding hydrogens is 344 g/mol. The molecule has 6 heteroatoms. The fourth-order valence-corrected chi connectivity index (χ4v) is 4.05.